The van der Waals surface area contributed by atoms with Crippen molar-refractivity contribution in [3.05, 3.63) is 17.5 Å². The minimum Gasteiger partial charge on any atom is -0.356 e. The fraction of sp³-hybridized carbons (Fsp3) is 0.615. The van der Waals surface area contributed by atoms with Crippen LogP contribution in [0.2, 0.25) is 5.15 Å². The lowest BCUT2D eigenvalue weighted by atomic mass is 9.87. The molecule has 2 aromatic heterocycles. The minimum absolute atomic E-state index is 0.464. The molecule has 0 unspecified atom stereocenters. The summed E-state index contributed by atoms with van der Waals surface area (Å²) in [5, 5.41) is 4.70. The van der Waals surface area contributed by atoms with Crippen molar-refractivity contribution >= 4 is 23.2 Å². The van der Waals surface area contributed by atoms with E-state index in [0.29, 0.717) is 17.0 Å². The molecule has 0 N–H and O–H groups in total. The Labute approximate surface area is 117 Å². The van der Waals surface area contributed by atoms with E-state index >= 15 is 0 Å². The molecule has 1 fully saturated rings. The van der Waals surface area contributed by atoms with Crippen LogP contribution in [-0.2, 0) is 0 Å². The van der Waals surface area contributed by atoms with Crippen LogP contribution in [-0.4, -0.2) is 32.7 Å². The number of fused-ring (bicyclic) bond motifs is 1. The molecule has 0 radical (unpaired) electrons. The molecule has 102 valence electrons. The normalized spacial score (nSPS) is 23.7. The van der Waals surface area contributed by atoms with Gasteiger partial charge in [-0.2, -0.15) is 19.6 Å². The van der Waals surface area contributed by atoms with Gasteiger partial charge in [-0.05, 0) is 31.6 Å². The molecule has 2 heterocycles. The van der Waals surface area contributed by atoms with Crippen molar-refractivity contribution in [2.24, 2.45) is 5.92 Å². The van der Waals surface area contributed by atoms with Crippen LogP contribution in [0.5, 0.6) is 0 Å². The van der Waals surface area contributed by atoms with Crippen molar-refractivity contribution in [1.82, 2.24) is 19.6 Å². The number of rotatable bonds is 2. The van der Waals surface area contributed by atoms with Crippen LogP contribution in [0.1, 0.15) is 32.6 Å². The van der Waals surface area contributed by atoms with E-state index in [0.717, 1.165) is 11.7 Å². The van der Waals surface area contributed by atoms with E-state index < -0.39 is 0 Å². The van der Waals surface area contributed by atoms with Gasteiger partial charge in [0, 0.05) is 19.2 Å². The van der Waals surface area contributed by atoms with E-state index in [-0.39, 0.29) is 0 Å². The molecule has 3 rings (SSSR count). The maximum absolute atomic E-state index is 6.07. The van der Waals surface area contributed by atoms with Crippen molar-refractivity contribution in [2.45, 2.75) is 38.6 Å². The highest BCUT2D eigenvalue weighted by atomic mass is 35.5. The van der Waals surface area contributed by atoms with E-state index in [2.05, 4.69) is 33.9 Å². The topological polar surface area (TPSA) is 46.3 Å². The third-order valence-corrected chi connectivity index (χ3v) is 4.29. The average Bonchev–Trinajstić information content (AvgIpc) is 2.85. The molecule has 0 aromatic carbocycles. The van der Waals surface area contributed by atoms with Crippen LogP contribution < -0.4 is 4.90 Å². The molecule has 2 aromatic rings. The van der Waals surface area contributed by atoms with Crippen LogP contribution in [0.15, 0.2) is 12.4 Å². The van der Waals surface area contributed by atoms with Crippen molar-refractivity contribution < 1.29 is 0 Å². The maximum Gasteiger partial charge on any atom is 0.255 e. The standard InChI is InChI=1S/C13H18ClN5/c1-9-3-5-10(6-4-9)18(2)12-7-11(14)17-13-15-8-16-19(12)13/h7-10H,3-6H2,1-2H3. The molecule has 0 saturated heterocycles. The first-order valence-corrected chi connectivity index (χ1v) is 7.12. The maximum atomic E-state index is 6.07. The number of hydrogen-bond acceptors (Lipinski definition) is 4. The van der Waals surface area contributed by atoms with Gasteiger partial charge in [0.15, 0.2) is 0 Å². The van der Waals surface area contributed by atoms with E-state index in [1.807, 2.05) is 6.07 Å². The Kier molecular flexibility index (Phi) is 3.31. The summed E-state index contributed by atoms with van der Waals surface area (Å²) in [5.74, 6) is 2.36. The zero-order valence-corrected chi connectivity index (χ0v) is 12.0. The second kappa shape index (κ2) is 4.96. The number of aromatic nitrogens is 4. The predicted octanol–water partition coefficient (Wildman–Crippen LogP) is 2.79. The van der Waals surface area contributed by atoms with Crippen LogP contribution in [0.4, 0.5) is 5.82 Å². The van der Waals surface area contributed by atoms with E-state index in [1.165, 1.54) is 32.0 Å². The minimum atomic E-state index is 0.464. The van der Waals surface area contributed by atoms with Gasteiger partial charge in [0.05, 0.1) is 0 Å². The van der Waals surface area contributed by atoms with Gasteiger partial charge in [0.25, 0.3) is 5.78 Å². The van der Waals surface area contributed by atoms with Gasteiger partial charge in [-0.1, -0.05) is 18.5 Å². The van der Waals surface area contributed by atoms with Gasteiger partial charge < -0.3 is 4.90 Å². The summed E-state index contributed by atoms with van der Waals surface area (Å²) in [6, 6.07) is 2.41. The molecule has 0 aliphatic heterocycles. The summed E-state index contributed by atoms with van der Waals surface area (Å²) in [5.41, 5.74) is 0. The van der Waals surface area contributed by atoms with Gasteiger partial charge in [-0.3, -0.25) is 0 Å². The van der Waals surface area contributed by atoms with Gasteiger partial charge in [0.1, 0.15) is 17.3 Å². The van der Waals surface area contributed by atoms with Crippen molar-refractivity contribution in [1.29, 1.82) is 0 Å². The SMILES string of the molecule is CC1CCC(N(C)c2cc(Cl)nc3ncnn23)CC1. The highest BCUT2D eigenvalue weighted by Gasteiger charge is 2.24. The van der Waals surface area contributed by atoms with Gasteiger partial charge in [0.2, 0.25) is 0 Å². The fourth-order valence-corrected chi connectivity index (χ4v) is 3.01. The quantitative estimate of drug-likeness (QED) is 0.793. The molecule has 6 heteroatoms. The van der Waals surface area contributed by atoms with Crippen LogP contribution in [0, 0.1) is 5.92 Å². The van der Waals surface area contributed by atoms with E-state index in [1.54, 1.807) is 4.52 Å². The van der Waals surface area contributed by atoms with Gasteiger partial charge >= 0.3 is 0 Å². The summed E-state index contributed by atoms with van der Waals surface area (Å²) in [6.07, 6.45) is 6.52. The molecule has 0 atom stereocenters. The second-order valence-corrected chi connectivity index (χ2v) is 5.82. The zero-order valence-electron chi connectivity index (χ0n) is 11.3. The molecule has 5 nitrogen and oxygen atoms in total. The first-order chi connectivity index (χ1) is 9.15. The summed E-state index contributed by atoms with van der Waals surface area (Å²) in [7, 11) is 2.10. The van der Waals surface area contributed by atoms with E-state index in [4.69, 9.17) is 11.6 Å². The van der Waals surface area contributed by atoms with Gasteiger partial charge in [-0.15, -0.1) is 0 Å². The Bertz CT molecular complexity index is 573. The lowest BCUT2D eigenvalue weighted by Crippen LogP contribution is -2.36. The predicted molar refractivity (Wildman–Crippen MR) is 75.6 cm³/mol. The number of nitrogens with zero attached hydrogens (tertiary/aromatic N) is 5. The van der Waals surface area contributed by atoms with Crippen LogP contribution in [0.25, 0.3) is 5.78 Å². The monoisotopic (exact) mass is 279 g/mol. The second-order valence-electron chi connectivity index (χ2n) is 5.43. The Morgan fingerprint density at radius 2 is 2.05 bits per heavy atom. The Morgan fingerprint density at radius 3 is 2.79 bits per heavy atom. The molecule has 1 saturated carbocycles. The Balaban J connectivity index is 1.92. The van der Waals surface area contributed by atoms with Crippen molar-refractivity contribution in [3.63, 3.8) is 0 Å². The zero-order chi connectivity index (χ0) is 13.4. The highest BCUT2D eigenvalue weighted by molar-refractivity contribution is 6.29. The van der Waals surface area contributed by atoms with Gasteiger partial charge in [-0.25, -0.2) is 0 Å². The number of hydrogen-bond donors (Lipinski definition) is 0. The summed E-state index contributed by atoms with van der Waals surface area (Å²) >= 11 is 6.07. The molecular weight excluding hydrogens is 262 g/mol. The molecule has 0 bridgehead atoms. The molecular formula is C13H18ClN5. The third kappa shape index (κ3) is 2.39. The Hall–Kier alpha value is -1.36. The van der Waals surface area contributed by atoms with E-state index in [9.17, 15) is 0 Å². The molecule has 19 heavy (non-hydrogen) atoms. The van der Waals surface area contributed by atoms with Crippen molar-refractivity contribution in [2.75, 3.05) is 11.9 Å². The average molecular weight is 280 g/mol. The highest BCUT2D eigenvalue weighted by Crippen LogP contribution is 2.29. The molecule has 0 amide bonds. The van der Waals surface area contributed by atoms with Crippen LogP contribution in [0.3, 0.4) is 0 Å². The number of halogens is 1. The lowest BCUT2D eigenvalue weighted by Gasteiger charge is -2.34. The first kappa shape index (κ1) is 12.7. The Morgan fingerprint density at radius 1 is 1.32 bits per heavy atom. The van der Waals surface area contributed by atoms with Crippen LogP contribution >= 0.6 is 11.6 Å². The van der Waals surface area contributed by atoms with Crippen molar-refractivity contribution in [3.8, 4) is 0 Å². The molecule has 1 aliphatic carbocycles. The lowest BCUT2D eigenvalue weighted by molar-refractivity contribution is 0.339. The molecule has 1 aliphatic rings. The number of anilines is 1. The summed E-state index contributed by atoms with van der Waals surface area (Å²) in [6.45, 7) is 2.33. The largest absolute Gasteiger partial charge is 0.356 e. The molecule has 0 spiro atoms. The third-order valence-electron chi connectivity index (χ3n) is 4.10. The smallest absolute Gasteiger partial charge is 0.255 e. The summed E-state index contributed by atoms with van der Waals surface area (Å²) in [4.78, 5) is 10.5. The first-order valence-electron chi connectivity index (χ1n) is 6.74. The summed E-state index contributed by atoms with van der Waals surface area (Å²) < 4.78 is 1.75. The fourth-order valence-electron chi connectivity index (χ4n) is 2.84.